The molecular weight excluding hydrogens is 384 g/mol. The Morgan fingerprint density at radius 2 is 1.96 bits per heavy atom. The highest BCUT2D eigenvalue weighted by Crippen LogP contribution is 2.18. The summed E-state index contributed by atoms with van der Waals surface area (Å²) < 4.78 is 32.1. The monoisotopic (exact) mass is 400 g/mol. The van der Waals surface area contributed by atoms with Crippen LogP contribution in [0.1, 0.15) is 12.7 Å². The van der Waals surface area contributed by atoms with Crippen LogP contribution in [-0.2, 0) is 21.4 Å². The number of hydrogen-bond donors (Lipinski definition) is 1. The summed E-state index contributed by atoms with van der Waals surface area (Å²) >= 11 is 3.26. The van der Waals surface area contributed by atoms with Gasteiger partial charge in [-0.2, -0.15) is 4.31 Å². The smallest absolute Gasteiger partial charge is 0.243 e. The Labute approximate surface area is 143 Å². The van der Waals surface area contributed by atoms with Crippen molar-refractivity contribution in [3.05, 3.63) is 52.9 Å². The van der Waals surface area contributed by atoms with Gasteiger partial charge in [0.15, 0.2) is 0 Å². The molecule has 1 N–H and O–H groups in total. The molecule has 0 bridgehead atoms. The lowest BCUT2D eigenvalue weighted by atomic mass is 10.4. The maximum atomic E-state index is 12.6. The Morgan fingerprint density at radius 3 is 2.52 bits per heavy atom. The van der Waals surface area contributed by atoms with Crippen LogP contribution in [0.15, 0.2) is 56.4 Å². The molecule has 0 aliphatic rings. The highest BCUT2D eigenvalue weighted by atomic mass is 79.9. The van der Waals surface area contributed by atoms with E-state index in [2.05, 4.69) is 21.2 Å². The zero-order valence-corrected chi connectivity index (χ0v) is 14.9. The molecule has 0 fully saturated rings. The molecular formula is C15H17BrN2O4S. The Bertz CT molecular complexity index is 742. The molecule has 0 saturated carbocycles. The number of rotatable bonds is 7. The highest BCUT2D eigenvalue weighted by molar-refractivity contribution is 9.10. The van der Waals surface area contributed by atoms with E-state index in [0.29, 0.717) is 5.76 Å². The quantitative estimate of drug-likeness (QED) is 0.773. The van der Waals surface area contributed by atoms with E-state index in [1.165, 1.54) is 18.4 Å². The van der Waals surface area contributed by atoms with E-state index in [0.717, 1.165) is 8.78 Å². The number of amides is 1. The van der Waals surface area contributed by atoms with Crippen LogP contribution in [-0.4, -0.2) is 31.7 Å². The van der Waals surface area contributed by atoms with Gasteiger partial charge in [0.05, 0.1) is 24.2 Å². The van der Waals surface area contributed by atoms with Gasteiger partial charge in [-0.15, -0.1) is 0 Å². The van der Waals surface area contributed by atoms with Crippen LogP contribution >= 0.6 is 15.9 Å². The van der Waals surface area contributed by atoms with Crippen molar-refractivity contribution in [1.29, 1.82) is 0 Å². The number of carbonyl (C=O) groups is 1. The minimum Gasteiger partial charge on any atom is -0.467 e. The van der Waals surface area contributed by atoms with Crippen LogP contribution < -0.4 is 5.32 Å². The van der Waals surface area contributed by atoms with E-state index in [9.17, 15) is 13.2 Å². The molecule has 0 unspecified atom stereocenters. The number of nitrogens with one attached hydrogen (secondary N) is 1. The van der Waals surface area contributed by atoms with Crippen molar-refractivity contribution < 1.29 is 17.6 Å². The zero-order valence-electron chi connectivity index (χ0n) is 12.5. The van der Waals surface area contributed by atoms with Crippen LogP contribution in [0.3, 0.4) is 0 Å². The largest absolute Gasteiger partial charge is 0.467 e. The molecule has 0 aliphatic heterocycles. The molecule has 1 aromatic heterocycles. The van der Waals surface area contributed by atoms with E-state index in [4.69, 9.17) is 4.42 Å². The van der Waals surface area contributed by atoms with Crippen molar-refractivity contribution in [2.45, 2.75) is 18.4 Å². The average Bonchev–Trinajstić information content (AvgIpc) is 3.04. The molecule has 1 aromatic carbocycles. The van der Waals surface area contributed by atoms with Gasteiger partial charge in [0, 0.05) is 11.0 Å². The van der Waals surface area contributed by atoms with Crippen molar-refractivity contribution in [3.63, 3.8) is 0 Å². The third-order valence-electron chi connectivity index (χ3n) is 3.16. The maximum Gasteiger partial charge on any atom is 0.243 e. The number of benzene rings is 1. The van der Waals surface area contributed by atoms with Gasteiger partial charge in [0.25, 0.3) is 0 Å². The second-order valence-corrected chi connectivity index (χ2v) is 7.59. The summed E-state index contributed by atoms with van der Waals surface area (Å²) in [7, 11) is -3.71. The topological polar surface area (TPSA) is 79.6 Å². The number of halogens is 1. The molecule has 0 aliphatic carbocycles. The van der Waals surface area contributed by atoms with Gasteiger partial charge in [0.2, 0.25) is 15.9 Å². The van der Waals surface area contributed by atoms with Crippen LogP contribution in [0.25, 0.3) is 0 Å². The van der Waals surface area contributed by atoms with E-state index < -0.39 is 10.0 Å². The summed E-state index contributed by atoms with van der Waals surface area (Å²) in [5, 5.41) is 2.64. The Kier molecular flexibility index (Phi) is 5.97. The summed E-state index contributed by atoms with van der Waals surface area (Å²) in [6.45, 7) is 1.88. The Balaban J connectivity index is 2.03. The zero-order chi connectivity index (χ0) is 16.9. The standard InChI is InChI=1S/C15H17BrN2O4S/c1-2-18(11-15(19)17-10-13-4-3-9-22-13)23(20,21)14-7-5-12(16)6-8-14/h3-9H,2,10-11H2,1H3,(H,17,19). The third-order valence-corrected chi connectivity index (χ3v) is 5.63. The fraction of sp³-hybridized carbons (Fsp3) is 0.267. The molecule has 6 nitrogen and oxygen atoms in total. The number of nitrogens with zero attached hydrogens (tertiary/aromatic N) is 1. The minimum absolute atomic E-state index is 0.154. The van der Waals surface area contributed by atoms with E-state index in [1.54, 1.807) is 31.2 Å². The van der Waals surface area contributed by atoms with Crippen molar-refractivity contribution in [2.75, 3.05) is 13.1 Å². The summed E-state index contributed by atoms with van der Waals surface area (Å²) in [5.41, 5.74) is 0. The van der Waals surface area contributed by atoms with Gasteiger partial charge in [-0.3, -0.25) is 4.79 Å². The molecule has 0 radical (unpaired) electrons. The number of carbonyl (C=O) groups excluding carboxylic acids is 1. The lowest BCUT2D eigenvalue weighted by molar-refractivity contribution is -0.121. The molecule has 2 rings (SSSR count). The molecule has 0 saturated heterocycles. The lowest BCUT2D eigenvalue weighted by Crippen LogP contribution is -2.40. The van der Waals surface area contributed by atoms with Gasteiger partial charge in [-0.1, -0.05) is 22.9 Å². The average molecular weight is 401 g/mol. The lowest BCUT2D eigenvalue weighted by Gasteiger charge is -2.20. The summed E-state index contributed by atoms with van der Waals surface area (Å²) in [6.07, 6.45) is 1.51. The molecule has 23 heavy (non-hydrogen) atoms. The number of likely N-dealkylation sites (N-methyl/N-ethyl adjacent to an activating group) is 1. The third kappa shape index (κ3) is 4.66. The van der Waals surface area contributed by atoms with Crippen molar-refractivity contribution in [3.8, 4) is 0 Å². The minimum atomic E-state index is -3.71. The fourth-order valence-electron chi connectivity index (χ4n) is 1.94. The van der Waals surface area contributed by atoms with E-state index in [-0.39, 0.29) is 30.4 Å². The van der Waals surface area contributed by atoms with Crippen molar-refractivity contribution in [1.82, 2.24) is 9.62 Å². The summed E-state index contributed by atoms with van der Waals surface area (Å²) in [6, 6.07) is 9.76. The molecule has 124 valence electrons. The first-order chi connectivity index (χ1) is 10.9. The highest BCUT2D eigenvalue weighted by Gasteiger charge is 2.25. The van der Waals surface area contributed by atoms with Crippen LogP contribution in [0.4, 0.5) is 0 Å². The van der Waals surface area contributed by atoms with Crippen LogP contribution in [0.5, 0.6) is 0 Å². The summed E-state index contributed by atoms with van der Waals surface area (Å²) in [4.78, 5) is 12.1. The molecule has 8 heteroatoms. The van der Waals surface area contributed by atoms with Gasteiger partial charge in [0.1, 0.15) is 5.76 Å². The van der Waals surface area contributed by atoms with Crippen molar-refractivity contribution in [2.24, 2.45) is 0 Å². The molecule has 2 aromatic rings. The Morgan fingerprint density at radius 1 is 1.26 bits per heavy atom. The van der Waals surface area contributed by atoms with Gasteiger partial charge < -0.3 is 9.73 Å². The fourth-order valence-corrected chi connectivity index (χ4v) is 3.61. The predicted octanol–water partition coefficient (Wildman–Crippen LogP) is 2.37. The molecule has 1 heterocycles. The second-order valence-electron chi connectivity index (χ2n) is 4.74. The number of furan rings is 1. The van der Waals surface area contributed by atoms with Gasteiger partial charge in [-0.05, 0) is 36.4 Å². The van der Waals surface area contributed by atoms with Gasteiger partial charge in [-0.25, -0.2) is 8.42 Å². The first-order valence-corrected chi connectivity index (χ1v) is 9.21. The SMILES string of the molecule is CCN(CC(=O)NCc1ccco1)S(=O)(=O)c1ccc(Br)cc1. The molecule has 0 atom stereocenters. The van der Waals surface area contributed by atoms with Gasteiger partial charge >= 0.3 is 0 Å². The van der Waals surface area contributed by atoms with Crippen LogP contribution in [0.2, 0.25) is 0 Å². The molecule has 0 spiro atoms. The predicted molar refractivity (Wildman–Crippen MR) is 89.1 cm³/mol. The maximum absolute atomic E-state index is 12.6. The Hall–Kier alpha value is -1.64. The first kappa shape index (κ1) is 17.7. The molecule has 1 amide bonds. The number of hydrogen-bond acceptors (Lipinski definition) is 4. The van der Waals surface area contributed by atoms with E-state index in [1.807, 2.05) is 0 Å². The van der Waals surface area contributed by atoms with Crippen LogP contribution in [0, 0.1) is 0 Å². The van der Waals surface area contributed by atoms with E-state index >= 15 is 0 Å². The van der Waals surface area contributed by atoms with Crippen molar-refractivity contribution >= 4 is 31.9 Å². The normalized spacial score (nSPS) is 11.6. The number of sulfonamides is 1. The second kappa shape index (κ2) is 7.76. The summed E-state index contributed by atoms with van der Waals surface area (Å²) in [5.74, 6) is 0.223. The first-order valence-electron chi connectivity index (χ1n) is 6.98.